The topological polar surface area (TPSA) is 47.6 Å². The van der Waals surface area contributed by atoms with Crippen molar-refractivity contribution in [1.82, 2.24) is 0 Å². The number of rotatable bonds is 2. The van der Waals surface area contributed by atoms with Crippen LogP contribution < -0.4 is 14.8 Å². The molecule has 1 aliphatic rings. The predicted octanol–water partition coefficient (Wildman–Crippen LogP) is 4.19. The van der Waals surface area contributed by atoms with Gasteiger partial charge in [0.1, 0.15) is 13.2 Å². The van der Waals surface area contributed by atoms with Crippen molar-refractivity contribution in [3.05, 3.63) is 38.0 Å². The summed E-state index contributed by atoms with van der Waals surface area (Å²) in [6.07, 6.45) is 0. The molecule has 0 atom stereocenters. The highest BCUT2D eigenvalue weighted by Gasteiger charge is 2.17. The average molecular weight is 375 g/mol. The van der Waals surface area contributed by atoms with Gasteiger partial charge in [0.05, 0.1) is 19.4 Å². The summed E-state index contributed by atoms with van der Waals surface area (Å²) < 4.78 is 11.8. The van der Waals surface area contributed by atoms with Crippen molar-refractivity contribution in [2.75, 3.05) is 18.5 Å². The Hall–Kier alpha value is -1.24. The van der Waals surface area contributed by atoms with Crippen LogP contribution in [-0.2, 0) is 0 Å². The minimum atomic E-state index is -0.209. The number of halogens is 2. The summed E-state index contributed by atoms with van der Waals surface area (Å²) in [5.41, 5.74) is 0.505. The molecule has 0 spiro atoms. The standard InChI is InChI=1S/C13H9BrClNO3S/c14-12-2-1-11(20-12)13(17)16-8-6-10-9(5-7(8)15)18-3-4-19-10/h1-2,5-6H,3-4H2,(H,16,17). The van der Waals surface area contributed by atoms with Crippen molar-refractivity contribution in [3.63, 3.8) is 0 Å². The van der Waals surface area contributed by atoms with Crippen LogP contribution in [0.25, 0.3) is 0 Å². The second kappa shape index (κ2) is 5.63. The molecule has 3 rings (SSSR count). The van der Waals surface area contributed by atoms with E-state index in [0.717, 1.165) is 3.79 Å². The molecule has 104 valence electrons. The maximum atomic E-state index is 12.1. The van der Waals surface area contributed by atoms with Crippen molar-refractivity contribution in [2.45, 2.75) is 0 Å². The molecular formula is C13H9BrClNO3S. The number of nitrogens with one attached hydrogen (secondary N) is 1. The third-order valence-electron chi connectivity index (χ3n) is 2.68. The number of ether oxygens (including phenoxy) is 2. The first-order chi connectivity index (χ1) is 9.63. The number of hydrogen-bond donors (Lipinski definition) is 1. The summed E-state index contributed by atoms with van der Waals surface area (Å²) >= 11 is 10.8. The molecule has 1 aromatic heterocycles. The molecule has 20 heavy (non-hydrogen) atoms. The highest BCUT2D eigenvalue weighted by Crippen LogP contribution is 2.38. The van der Waals surface area contributed by atoms with Crippen LogP contribution in [0.3, 0.4) is 0 Å². The first-order valence-corrected chi connectivity index (χ1v) is 7.78. The van der Waals surface area contributed by atoms with E-state index in [1.165, 1.54) is 11.3 Å². The van der Waals surface area contributed by atoms with Crippen LogP contribution in [0.4, 0.5) is 5.69 Å². The molecule has 0 fully saturated rings. The summed E-state index contributed by atoms with van der Waals surface area (Å²) in [6.45, 7) is 0.984. The zero-order valence-corrected chi connectivity index (χ0v) is 13.3. The van der Waals surface area contributed by atoms with E-state index in [0.29, 0.717) is 40.3 Å². The number of fused-ring (bicyclic) bond motifs is 1. The van der Waals surface area contributed by atoms with Crippen molar-refractivity contribution in [1.29, 1.82) is 0 Å². The number of anilines is 1. The molecule has 0 bridgehead atoms. The zero-order chi connectivity index (χ0) is 14.1. The molecule has 0 saturated carbocycles. The second-order valence-corrected chi connectivity index (χ2v) is 6.90. The molecular weight excluding hydrogens is 366 g/mol. The molecule has 0 aliphatic carbocycles. The smallest absolute Gasteiger partial charge is 0.265 e. The number of carbonyl (C=O) groups is 1. The van der Waals surface area contributed by atoms with E-state index in [-0.39, 0.29) is 5.91 Å². The molecule has 7 heteroatoms. The van der Waals surface area contributed by atoms with Crippen LogP contribution in [0.15, 0.2) is 28.1 Å². The minimum Gasteiger partial charge on any atom is -0.486 e. The van der Waals surface area contributed by atoms with Gasteiger partial charge in [0.25, 0.3) is 5.91 Å². The highest BCUT2D eigenvalue weighted by molar-refractivity contribution is 9.11. The van der Waals surface area contributed by atoms with E-state index in [9.17, 15) is 4.79 Å². The van der Waals surface area contributed by atoms with Gasteiger partial charge in [-0.1, -0.05) is 11.6 Å². The maximum absolute atomic E-state index is 12.1. The summed E-state index contributed by atoms with van der Waals surface area (Å²) in [5.74, 6) is 0.973. The van der Waals surface area contributed by atoms with Crippen molar-refractivity contribution < 1.29 is 14.3 Å². The molecule has 0 unspecified atom stereocenters. The number of amides is 1. The third-order valence-corrected chi connectivity index (χ3v) is 4.61. The number of carbonyl (C=O) groups excluding carboxylic acids is 1. The van der Waals surface area contributed by atoms with Gasteiger partial charge in [-0.05, 0) is 28.1 Å². The van der Waals surface area contributed by atoms with Gasteiger partial charge in [-0.2, -0.15) is 0 Å². The molecule has 2 aromatic rings. The lowest BCUT2D eigenvalue weighted by Crippen LogP contribution is -2.16. The first-order valence-electron chi connectivity index (χ1n) is 5.79. The van der Waals surface area contributed by atoms with Crippen molar-refractivity contribution in [2.24, 2.45) is 0 Å². The third kappa shape index (κ3) is 2.77. The molecule has 1 amide bonds. The van der Waals surface area contributed by atoms with Crippen LogP contribution in [0.1, 0.15) is 9.67 Å². The van der Waals surface area contributed by atoms with Crippen LogP contribution in [-0.4, -0.2) is 19.1 Å². The Balaban J connectivity index is 1.85. The summed E-state index contributed by atoms with van der Waals surface area (Å²) in [7, 11) is 0. The Kier molecular flexibility index (Phi) is 3.87. The van der Waals surface area contributed by atoms with Gasteiger partial charge in [-0.3, -0.25) is 4.79 Å². The Morgan fingerprint density at radius 2 is 1.95 bits per heavy atom. The molecule has 2 heterocycles. The van der Waals surface area contributed by atoms with Crippen LogP contribution >= 0.6 is 38.9 Å². The Bertz CT molecular complexity index is 674. The molecule has 1 N–H and O–H groups in total. The SMILES string of the molecule is O=C(Nc1cc2c(cc1Cl)OCCO2)c1ccc(Br)s1. The van der Waals surface area contributed by atoms with Gasteiger partial charge in [0.15, 0.2) is 11.5 Å². The van der Waals surface area contributed by atoms with Gasteiger partial charge < -0.3 is 14.8 Å². The summed E-state index contributed by atoms with van der Waals surface area (Å²) in [5, 5.41) is 3.19. The van der Waals surface area contributed by atoms with Crippen molar-refractivity contribution in [3.8, 4) is 11.5 Å². The van der Waals surface area contributed by atoms with E-state index >= 15 is 0 Å². The lowest BCUT2D eigenvalue weighted by Gasteiger charge is -2.19. The largest absolute Gasteiger partial charge is 0.486 e. The monoisotopic (exact) mass is 373 g/mol. The van der Waals surface area contributed by atoms with Crippen LogP contribution in [0.2, 0.25) is 5.02 Å². The van der Waals surface area contributed by atoms with Gasteiger partial charge in [0, 0.05) is 12.1 Å². The Morgan fingerprint density at radius 1 is 1.25 bits per heavy atom. The number of hydrogen-bond acceptors (Lipinski definition) is 4. The van der Waals surface area contributed by atoms with Gasteiger partial charge >= 0.3 is 0 Å². The Labute approximate surface area is 132 Å². The molecule has 0 radical (unpaired) electrons. The molecule has 1 aliphatic heterocycles. The summed E-state index contributed by atoms with van der Waals surface area (Å²) in [4.78, 5) is 12.7. The lowest BCUT2D eigenvalue weighted by atomic mass is 10.2. The fourth-order valence-corrected chi connectivity index (χ4v) is 3.26. The van der Waals surface area contributed by atoms with Crippen LogP contribution in [0.5, 0.6) is 11.5 Å². The van der Waals surface area contributed by atoms with Gasteiger partial charge in [-0.15, -0.1) is 11.3 Å². The highest BCUT2D eigenvalue weighted by atomic mass is 79.9. The number of thiophene rings is 1. The van der Waals surface area contributed by atoms with E-state index < -0.39 is 0 Å². The van der Waals surface area contributed by atoms with E-state index in [1.54, 1.807) is 18.2 Å². The predicted molar refractivity (Wildman–Crippen MR) is 82.4 cm³/mol. The van der Waals surface area contributed by atoms with Gasteiger partial charge in [0.2, 0.25) is 0 Å². The van der Waals surface area contributed by atoms with Gasteiger partial charge in [-0.25, -0.2) is 0 Å². The first kappa shape index (κ1) is 13.7. The molecule has 0 saturated heterocycles. The minimum absolute atomic E-state index is 0.209. The van der Waals surface area contributed by atoms with E-state index in [1.807, 2.05) is 6.07 Å². The van der Waals surface area contributed by atoms with E-state index in [2.05, 4.69) is 21.2 Å². The normalized spacial score (nSPS) is 13.1. The van der Waals surface area contributed by atoms with E-state index in [4.69, 9.17) is 21.1 Å². The zero-order valence-electron chi connectivity index (χ0n) is 10.1. The Morgan fingerprint density at radius 3 is 2.60 bits per heavy atom. The lowest BCUT2D eigenvalue weighted by molar-refractivity contribution is 0.103. The van der Waals surface area contributed by atoms with Crippen LogP contribution in [0, 0.1) is 0 Å². The maximum Gasteiger partial charge on any atom is 0.265 e. The summed E-state index contributed by atoms with van der Waals surface area (Å²) in [6, 6.07) is 6.90. The van der Waals surface area contributed by atoms with Crippen molar-refractivity contribution >= 4 is 50.5 Å². The number of benzene rings is 1. The quantitative estimate of drug-likeness (QED) is 0.857. The molecule has 1 aromatic carbocycles. The molecule has 4 nitrogen and oxygen atoms in total. The fourth-order valence-electron chi connectivity index (χ4n) is 1.78. The second-order valence-electron chi connectivity index (χ2n) is 4.03. The fraction of sp³-hybridized carbons (Fsp3) is 0.154. The average Bonchev–Trinajstić information content (AvgIpc) is 2.86.